The fourth-order valence-corrected chi connectivity index (χ4v) is 3.75. The summed E-state index contributed by atoms with van der Waals surface area (Å²) < 4.78 is 9.84. The first-order chi connectivity index (χ1) is 16.0. The summed E-state index contributed by atoms with van der Waals surface area (Å²) >= 11 is 1.50. The Bertz CT molecular complexity index is 1200. The molecule has 0 spiro atoms. The van der Waals surface area contributed by atoms with Crippen molar-refractivity contribution >= 4 is 52.4 Å². The van der Waals surface area contributed by atoms with Crippen LogP contribution in [0.5, 0.6) is 0 Å². The predicted molar refractivity (Wildman–Crippen MR) is 129 cm³/mol. The topological polar surface area (TPSA) is 140 Å². The second-order valence-corrected chi connectivity index (χ2v) is 9.59. The number of nitrogens with zero attached hydrogens (tertiary/aromatic N) is 2. The monoisotopic (exact) mass is 485 g/mol. The first-order valence-electron chi connectivity index (χ1n) is 10.4. The van der Waals surface area contributed by atoms with Gasteiger partial charge >= 0.3 is 12.1 Å². The number of carbonyl (C=O) groups excluding carboxylic acids is 3. The summed E-state index contributed by atoms with van der Waals surface area (Å²) in [7, 11) is 1.28. The maximum absolute atomic E-state index is 12.6. The first-order valence-corrected chi connectivity index (χ1v) is 11.2. The quantitative estimate of drug-likeness (QED) is 0.156. The van der Waals surface area contributed by atoms with Crippen molar-refractivity contribution in [3.05, 3.63) is 42.5 Å². The molecular formula is C23H27N5O5S. The number of ether oxygens (including phenoxy) is 2. The van der Waals surface area contributed by atoms with Crippen molar-refractivity contribution in [3.8, 4) is 0 Å². The molecule has 180 valence electrons. The Balaban J connectivity index is 1.67. The molecule has 1 aromatic heterocycles. The lowest BCUT2D eigenvalue weighted by molar-refractivity contribution is -0.161. The zero-order chi connectivity index (χ0) is 25.0. The molecule has 0 fully saturated rings. The van der Waals surface area contributed by atoms with E-state index in [1.165, 1.54) is 25.8 Å². The molecule has 0 aliphatic rings. The third kappa shape index (κ3) is 6.27. The lowest BCUT2D eigenvalue weighted by Crippen LogP contribution is -2.44. The number of hydrogen-bond acceptors (Lipinski definition) is 8. The van der Waals surface area contributed by atoms with E-state index in [4.69, 9.17) is 10.6 Å². The van der Waals surface area contributed by atoms with E-state index in [0.717, 1.165) is 20.3 Å². The number of esters is 1. The van der Waals surface area contributed by atoms with Crippen LogP contribution in [0.15, 0.2) is 52.3 Å². The summed E-state index contributed by atoms with van der Waals surface area (Å²) in [5, 5.41) is 3.45. The summed E-state index contributed by atoms with van der Waals surface area (Å²) in [6.07, 6.45) is -0.610. The minimum atomic E-state index is -1.03. The predicted octanol–water partition coefficient (Wildman–Crippen LogP) is 4.08. The zero-order valence-electron chi connectivity index (χ0n) is 19.5. The fourth-order valence-electron chi connectivity index (χ4n) is 2.90. The van der Waals surface area contributed by atoms with Crippen LogP contribution in [0.4, 0.5) is 16.4 Å². The Labute approximate surface area is 201 Å². The highest BCUT2D eigenvalue weighted by Crippen LogP contribution is 2.31. The molecule has 0 unspecified atom stereocenters. The van der Waals surface area contributed by atoms with Crippen LogP contribution in [0.1, 0.15) is 27.7 Å². The Morgan fingerprint density at radius 1 is 1.12 bits per heavy atom. The number of nitrogens with one attached hydrogen (secondary N) is 2. The van der Waals surface area contributed by atoms with Crippen molar-refractivity contribution < 1.29 is 23.9 Å². The van der Waals surface area contributed by atoms with E-state index in [0.29, 0.717) is 17.2 Å². The van der Waals surface area contributed by atoms with Gasteiger partial charge in [0.05, 0.1) is 23.8 Å². The van der Waals surface area contributed by atoms with Gasteiger partial charge in [-0.05, 0) is 70.2 Å². The molecule has 11 heteroatoms. The van der Waals surface area contributed by atoms with Gasteiger partial charge in [-0.25, -0.2) is 20.6 Å². The normalized spacial score (nSPS) is 12.2. The van der Waals surface area contributed by atoms with Crippen LogP contribution in [0, 0.1) is 5.92 Å². The minimum absolute atomic E-state index is 0.293. The van der Waals surface area contributed by atoms with Crippen LogP contribution >= 0.6 is 11.8 Å². The third-order valence-corrected chi connectivity index (χ3v) is 5.58. The van der Waals surface area contributed by atoms with Crippen molar-refractivity contribution in [1.29, 1.82) is 0 Å². The van der Waals surface area contributed by atoms with E-state index in [-0.39, 0.29) is 0 Å². The molecule has 0 aliphatic carbocycles. The van der Waals surface area contributed by atoms with Crippen LogP contribution in [0.3, 0.4) is 0 Å². The number of benzene rings is 2. The van der Waals surface area contributed by atoms with Gasteiger partial charge in [0.15, 0.2) is 0 Å². The molecule has 3 rings (SSSR count). The second-order valence-electron chi connectivity index (χ2n) is 8.44. The number of nitrogens with two attached hydrogens (primary N) is 1. The summed E-state index contributed by atoms with van der Waals surface area (Å²) in [6, 6.07) is 12.7. The van der Waals surface area contributed by atoms with Crippen LogP contribution in [0.25, 0.3) is 11.0 Å². The molecule has 0 radical (unpaired) electrons. The molecular weight excluding hydrogens is 458 g/mol. The molecule has 2 aromatic carbocycles. The number of amides is 2. The van der Waals surface area contributed by atoms with E-state index in [1.807, 2.05) is 30.3 Å². The molecule has 10 nitrogen and oxygen atoms in total. The number of anilines is 2. The van der Waals surface area contributed by atoms with Gasteiger partial charge in [0, 0.05) is 9.79 Å². The van der Waals surface area contributed by atoms with Crippen LogP contribution in [0.2, 0.25) is 0 Å². The number of hydrogen-bond donors (Lipinski definition) is 3. The van der Waals surface area contributed by atoms with Crippen molar-refractivity contribution in [2.75, 3.05) is 17.4 Å². The number of aromatic nitrogens is 2. The van der Waals surface area contributed by atoms with Crippen LogP contribution < -0.4 is 16.2 Å². The van der Waals surface area contributed by atoms with Gasteiger partial charge in [-0.3, -0.25) is 14.9 Å². The Kier molecular flexibility index (Phi) is 7.48. The van der Waals surface area contributed by atoms with Gasteiger partial charge in [0.25, 0.3) is 5.91 Å². The SMILES string of the molecule is COC(=O)Nc1nc2ccc(Sc3ccc(N(N)C(=O)[C@H](C)C(=O)OC(C)(C)C)cc3)cc2[nH]1. The summed E-state index contributed by atoms with van der Waals surface area (Å²) in [4.78, 5) is 45.3. The molecule has 2 amide bonds. The summed E-state index contributed by atoms with van der Waals surface area (Å²) in [6.45, 7) is 6.68. The fraction of sp³-hybridized carbons (Fsp3) is 0.304. The highest BCUT2D eigenvalue weighted by atomic mass is 32.2. The standard InChI is InChI=1S/C23H27N5O5S/c1-13(20(30)33-23(2,3)4)19(29)28(24)14-6-8-15(9-7-14)34-16-10-11-17-18(12-16)26-21(25-17)27-22(31)32-5/h6-13H,24H2,1-5H3,(H2,25,26,27,31)/t13-/m0/s1. The molecule has 0 bridgehead atoms. The average molecular weight is 486 g/mol. The first kappa shape index (κ1) is 25.1. The van der Waals surface area contributed by atoms with Gasteiger partial charge in [0.2, 0.25) is 5.95 Å². The molecule has 0 saturated heterocycles. The minimum Gasteiger partial charge on any atom is -0.459 e. The largest absolute Gasteiger partial charge is 0.459 e. The molecule has 1 heterocycles. The van der Waals surface area contributed by atoms with Gasteiger partial charge in [-0.15, -0.1) is 0 Å². The number of rotatable bonds is 6. The lowest BCUT2D eigenvalue weighted by atomic mass is 10.1. The van der Waals surface area contributed by atoms with E-state index in [1.54, 1.807) is 32.9 Å². The number of hydrazine groups is 1. The van der Waals surface area contributed by atoms with Crippen molar-refractivity contribution in [2.45, 2.75) is 43.1 Å². The zero-order valence-corrected chi connectivity index (χ0v) is 20.4. The van der Waals surface area contributed by atoms with Gasteiger partial charge in [-0.2, -0.15) is 0 Å². The van der Waals surface area contributed by atoms with Gasteiger partial charge < -0.3 is 14.5 Å². The van der Waals surface area contributed by atoms with E-state index in [2.05, 4.69) is 20.0 Å². The van der Waals surface area contributed by atoms with Crippen molar-refractivity contribution in [1.82, 2.24) is 9.97 Å². The van der Waals surface area contributed by atoms with Crippen molar-refractivity contribution in [3.63, 3.8) is 0 Å². The molecule has 0 aliphatic heterocycles. The number of fused-ring (bicyclic) bond motifs is 1. The van der Waals surface area contributed by atoms with Gasteiger partial charge in [-0.1, -0.05) is 11.8 Å². The third-order valence-electron chi connectivity index (χ3n) is 4.58. The summed E-state index contributed by atoms with van der Waals surface area (Å²) in [5.41, 5.74) is 1.21. The highest BCUT2D eigenvalue weighted by Gasteiger charge is 2.30. The number of carbonyl (C=O) groups is 3. The molecule has 4 N–H and O–H groups in total. The summed E-state index contributed by atoms with van der Waals surface area (Å²) in [5.74, 6) is 4.05. The second kappa shape index (κ2) is 10.1. The number of methoxy groups -OCH3 is 1. The number of imidazole rings is 1. The average Bonchev–Trinajstić information content (AvgIpc) is 3.18. The van der Waals surface area contributed by atoms with Crippen molar-refractivity contribution in [2.24, 2.45) is 11.8 Å². The molecule has 1 atom stereocenters. The van der Waals surface area contributed by atoms with E-state index in [9.17, 15) is 14.4 Å². The Hall–Kier alpha value is -3.57. The van der Waals surface area contributed by atoms with Crippen LogP contribution in [-0.2, 0) is 19.1 Å². The number of aromatic amines is 1. The molecule has 34 heavy (non-hydrogen) atoms. The highest BCUT2D eigenvalue weighted by molar-refractivity contribution is 7.99. The Morgan fingerprint density at radius 2 is 1.76 bits per heavy atom. The maximum atomic E-state index is 12.6. The molecule has 0 saturated carbocycles. The Morgan fingerprint density at radius 3 is 2.38 bits per heavy atom. The lowest BCUT2D eigenvalue weighted by Gasteiger charge is -2.24. The maximum Gasteiger partial charge on any atom is 0.413 e. The van der Waals surface area contributed by atoms with E-state index >= 15 is 0 Å². The van der Waals surface area contributed by atoms with Gasteiger partial charge in [0.1, 0.15) is 11.5 Å². The molecule has 3 aromatic rings. The van der Waals surface area contributed by atoms with E-state index < -0.39 is 29.5 Å². The number of H-pyrrole nitrogens is 1. The van der Waals surface area contributed by atoms with Crippen LogP contribution in [-0.4, -0.2) is 40.6 Å². The smallest absolute Gasteiger partial charge is 0.413 e.